The summed E-state index contributed by atoms with van der Waals surface area (Å²) < 4.78 is 26.6. The molecule has 0 aliphatic carbocycles. The number of hydrogen-bond donors (Lipinski definition) is 1. The van der Waals surface area contributed by atoms with Gasteiger partial charge in [0, 0.05) is 24.1 Å². The first-order valence-corrected chi connectivity index (χ1v) is 9.14. The average Bonchev–Trinajstić information content (AvgIpc) is 2.72. The zero-order valence-electron chi connectivity index (χ0n) is 10.6. The molecule has 1 aromatic rings. The summed E-state index contributed by atoms with van der Waals surface area (Å²) in [6.07, 6.45) is 0. The van der Waals surface area contributed by atoms with Crippen LogP contribution in [0.4, 0.5) is 0 Å². The number of nitrogens with zero attached hydrogens (tertiary/aromatic N) is 1. The average molecular weight is 321 g/mol. The summed E-state index contributed by atoms with van der Waals surface area (Å²) >= 11 is 2.70. The van der Waals surface area contributed by atoms with E-state index in [-0.39, 0.29) is 15.0 Å². The van der Waals surface area contributed by atoms with Crippen LogP contribution in [-0.2, 0) is 10.0 Å². The van der Waals surface area contributed by atoms with Crippen molar-refractivity contribution in [3.05, 3.63) is 15.8 Å². The molecule has 0 radical (unpaired) electrons. The maximum atomic E-state index is 12.6. The second kappa shape index (κ2) is 5.43. The Morgan fingerprint density at radius 3 is 2.79 bits per heavy atom. The molecular formula is C11H15NO4S3. The van der Waals surface area contributed by atoms with E-state index in [1.54, 1.807) is 24.1 Å². The van der Waals surface area contributed by atoms with E-state index in [1.165, 1.54) is 4.31 Å². The summed E-state index contributed by atoms with van der Waals surface area (Å²) in [5.74, 6) is -0.442. The fourth-order valence-corrected chi connectivity index (χ4v) is 6.37. The first kappa shape index (κ1) is 14.8. The summed E-state index contributed by atoms with van der Waals surface area (Å²) in [4.78, 5) is 11.0. The van der Waals surface area contributed by atoms with Crippen LogP contribution < -0.4 is 0 Å². The van der Waals surface area contributed by atoms with Crippen LogP contribution in [0, 0.1) is 6.92 Å². The molecule has 1 saturated heterocycles. The lowest BCUT2D eigenvalue weighted by Gasteiger charge is -2.29. The molecule has 106 valence electrons. The minimum Gasteiger partial charge on any atom is -0.477 e. The number of aryl methyl sites for hydroxylation is 1. The number of carboxylic acid groups (broad SMARTS) is 1. The van der Waals surface area contributed by atoms with E-state index in [0.29, 0.717) is 18.7 Å². The van der Waals surface area contributed by atoms with Crippen LogP contribution in [0.25, 0.3) is 0 Å². The van der Waals surface area contributed by atoms with Gasteiger partial charge in [0.1, 0.15) is 9.77 Å². The van der Waals surface area contributed by atoms with Gasteiger partial charge in [-0.25, -0.2) is 13.2 Å². The lowest BCUT2D eigenvalue weighted by atomic mass is 10.3. The van der Waals surface area contributed by atoms with Gasteiger partial charge in [0.25, 0.3) is 0 Å². The molecule has 0 spiro atoms. The van der Waals surface area contributed by atoms with Crippen molar-refractivity contribution in [1.29, 1.82) is 0 Å². The lowest BCUT2D eigenvalue weighted by Crippen LogP contribution is -2.41. The van der Waals surface area contributed by atoms with E-state index in [0.717, 1.165) is 17.1 Å². The number of carboxylic acids is 1. The molecule has 1 N–H and O–H groups in total. The summed E-state index contributed by atoms with van der Waals surface area (Å²) in [6, 6.07) is 0. The highest BCUT2D eigenvalue weighted by Crippen LogP contribution is 2.31. The summed E-state index contributed by atoms with van der Waals surface area (Å²) in [5.41, 5.74) is 0.508. The van der Waals surface area contributed by atoms with Gasteiger partial charge >= 0.3 is 5.97 Å². The molecule has 1 fully saturated rings. The van der Waals surface area contributed by atoms with Gasteiger partial charge in [0.2, 0.25) is 10.0 Å². The van der Waals surface area contributed by atoms with Crippen LogP contribution in [0.1, 0.15) is 22.2 Å². The number of rotatable bonds is 3. The van der Waals surface area contributed by atoms with E-state index < -0.39 is 16.0 Å². The third-order valence-electron chi connectivity index (χ3n) is 2.91. The second-order valence-corrected chi connectivity index (χ2v) is 8.73. The molecule has 5 nitrogen and oxygen atoms in total. The highest BCUT2D eigenvalue weighted by Gasteiger charge is 2.34. The van der Waals surface area contributed by atoms with Gasteiger partial charge in [-0.2, -0.15) is 16.1 Å². The number of carbonyl (C=O) groups is 1. The molecule has 0 saturated carbocycles. The van der Waals surface area contributed by atoms with Gasteiger partial charge in [-0.3, -0.25) is 0 Å². The summed E-state index contributed by atoms with van der Waals surface area (Å²) in [5, 5.41) is 10.9. The first-order valence-electron chi connectivity index (χ1n) is 5.77. The molecular weight excluding hydrogens is 306 g/mol. The number of thiophene rings is 1. The van der Waals surface area contributed by atoms with Gasteiger partial charge in [0.15, 0.2) is 0 Å². The molecule has 2 rings (SSSR count). The van der Waals surface area contributed by atoms with Crippen molar-refractivity contribution < 1.29 is 18.3 Å². The molecule has 1 unspecified atom stereocenters. The molecule has 0 bridgehead atoms. The minimum atomic E-state index is -3.71. The molecule has 0 aromatic carbocycles. The van der Waals surface area contributed by atoms with Gasteiger partial charge in [-0.15, -0.1) is 11.3 Å². The van der Waals surface area contributed by atoms with Gasteiger partial charge < -0.3 is 5.11 Å². The monoisotopic (exact) mass is 321 g/mol. The number of thioether (sulfide) groups is 1. The predicted molar refractivity (Wildman–Crippen MR) is 76.7 cm³/mol. The summed E-state index contributed by atoms with van der Waals surface area (Å²) in [6.45, 7) is 4.48. The highest BCUT2D eigenvalue weighted by molar-refractivity contribution is 8.00. The molecule has 1 aromatic heterocycles. The zero-order valence-corrected chi connectivity index (χ0v) is 13.1. The second-order valence-electron chi connectivity index (χ2n) is 4.43. The maximum Gasteiger partial charge on any atom is 0.347 e. The number of aromatic carboxylic acids is 1. The third kappa shape index (κ3) is 2.81. The molecule has 1 aliphatic heterocycles. The van der Waals surface area contributed by atoms with Crippen LogP contribution in [0.2, 0.25) is 0 Å². The Labute approximate surface area is 120 Å². The standard InChI is InChI=1S/C11H15NO4S3/c1-7-6-18-9(11(13)14)10(7)19(15,16)12-3-4-17-8(2)5-12/h6,8H,3-5H2,1-2H3,(H,13,14). The van der Waals surface area contributed by atoms with Crippen molar-refractivity contribution in [1.82, 2.24) is 4.31 Å². The Morgan fingerprint density at radius 2 is 2.21 bits per heavy atom. The van der Waals surface area contributed by atoms with Crippen LogP contribution in [-0.4, -0.2) is 47.9 Å². The van der Waals surface area contributed by atoms with Crippen molar-refractivity contribution in [2.45, 2.75) is 24.0 Å². The van der Waals surface area contributed by atoms with Crippen molar-refractivity contribution in [2.24, 2.45) is 0 Å². The van der Waals surface area contributed by atoms with Crippen LogP contribution in [0.5, 0.6) is 0 Å². The van der Waals surface area contributed by atoms with Crippen LogP contribution >= 0.6 is 23.1 Å². The van der Waals surface area contributed by atoms with Crippen molar-refractivity contribution in [2.75, 3.05) is 18.8 Å². The zero-order chi connectivity index (χ0) is 14.2. The molecule has 0 amide bonds. The van der Waals surface area contributed by atoms with E-state index in [9.17, 15) is 13.2 Å². The fraction of sp³-hybridized carbons (Fsp3) is 0.545. The summed E-state index contributed by atoms with van der Waals surface area (Å²) in [7, 11) is -3.71. The van der Waals surface area contributed by atoms with E-state index in [4.69, 9.17) is 5.11 Å². The number of hydrogen-bond acceptors (Lipinski definition) is 5. The Morgan fingerprint density at radius 1 is 1.53 bits per heavy atom. The Balaban J connectivity index is 2.45. The molecule has 19 heavy (non-hydrogen) atoms. The molecule has 1 atom stereocenters. The highest BCUT2D eigenvalue weighted by atomic mass is 32.2. The number of sulfonamides is 1. The Bertz CT molecular complexity index is 593. The Hall–Kier alpha value is -0.570. The lowest BCUT2D eigenvalue weighted by molar-refractivity contribution is 0.0698. The van der Waals surface area contributed by atoms with Crippen LogP contribution in [0.3, 0.4) is 0 Å². The first-order chi connectivity index (χ1) is 8.84. The largest absolute Gasteiger partial charge is 0.477 e. The molecule has 1 aliphatic rings. The maximum absolute atomic E-state index is 12.6. The third-order valence-corrected chi connectivity index (χ3v) is 7.32. The topological polar surface area (TPSA) is 74.7 Å². The SMILES string of the molecule is Cc1csc(C(=O)O)c1S(=O)(=O)N1CCSC(C)C1. The van der Waals surface area contributed by atoms with Crippen LogP contribution in [0.15, 0.2) is 10.3 Å². The smallest absolute Gasteiger partial charge is 0.347 e. The fourth-order valence-electron chi connectivity index (χ4n) is 2.04. The van der Waals surface area contributed by atoms with E-state index >= 15 is 0 Å². The molecule has 8 heteroatoms. The predicted octanol–water partition coefficient (Wildman–Crippen LogP) is 1.88. The quantitative estimate of drug-likeness (QED) is 0.920. The van der Waals surface area contributed by atoms with E-state index in [1.807, 2.05) is 6.92 Å². The van der Waals surface area contributed by atoms with E-state index in [2.05, 4.69) is 0 Å². The molecule has 2 heterocycles. The van der Waals surface area contributed by atoms with Gasteiger partial charge in [-0.05, 0) is 17.9 Å². The minimum absolute atomic E-state index is 0.0379. The normalized spacial score (nSPS) is 21.5. The van der Waals surface area contributed by atoms with Crippen molar-refractivity contribution in [3.63, 3.8) is 0 Å². The van der Waals surface area contributed by atoms with Crippen molar-refractivity contribution >= 4 is 39.1 Å². The Kier molecular flexibility index (Phi) is 4.24. The van der Waals surface area contributed by atoms with Gasteiger partial charge in [0.05, 0.1) is 0 Å². The van der Waals surface area contributed by atoms with Crippen molar-refractivity contribution in [3.8, 4) is 0 Å². The van der Waals surface area contributed by atoms with Gasteiger partial charge in [-0.1, -0.05) is 6.92 Å².